The average Bonchev–Trinajstić information content (AvgIpc) is 2.85. The molecule has 0 spiro atoms. The van der Waals surface area contributed by atoms with Crippen LogP contribution in [0.1, 0.15) is 36.6 Å². The Labute approximate surface area is 200 Å². The van der Waals surface area contributed by atoms with Crippen LogP contribution in [0.2, 0.25) is 0 Å². The van der Waals surface area contributed by atoms with Crippen molar-refractivity contribution < 1.29 is 33.4 Å². The van der Waals surface area contributed by atoms with Crippen molar-refractivity contribution in [1.82, 2.24) is 4.98 Å². The van der Waals surface area contributed by atoms with Crippen molar-refractivity contribution in [3.63, 3.8) is 0 Å². The summed E-state index contributed by atoms with van der Waals surface area (Å²) in [6.07, 6.45) is 1.44. The number of halogens is 1. The molecular formula is C25H22FN3O6. The number of pyridine rings is 1. The summed E-state index contributed by atoms with van der Waals surface area (Å²) in [5.41, 5.74) is 6.45. The summed E-state index contributed by atoms with van der Waals surface area (Å²) in [5, 5.41) is 9.09. The highest BCUT2D eigenvalue weighted by atomic mass is 19.1. The van der Waals surface area contributed by atoms with E-state index in [-0.39, 0.29) is 23.5 Å². The molecule has 0 saturated heterocycles. The minimum atomic E-state index is -1.15. The standard InChI is InChI=1S/C18H14FNO4.C7H8N2O2/c1-20-15-6-5-11(18(23)24)9-13(15)16(21)14(17(20)22)8-10-3-2-4-12(19)7-10;1-11-6-3-2-5(4-9-6)7(8)10/h2-7,9,14H,8H2,1H3,(H,23,24);2-4H,1H3,(H2,8,10). The van der Waals surface area contributed by atoms with E-state index in [0.29, 0.717) is 22.7 Å². The highest BCUT2D eigenvalue weighted by Crippen LogP contribution is 2.32. The van der Waals surface area contributed by atoms with E-state index in [1.807, 2.05) is 0 Å². The zero-order valence-corrected chi connectivity index (χ0v) is 18.9. The number of aromatic nitrogens is 1. The van der Waals surface area contributed by atoms with E-state index < -0.39 is 29.4 Å². The second-order valence-electron chi connectivity index (χ2n) is 7.64. The number of methoxy groups -OCH3 is 1. The molecule has 0 radical (unpaired) electrons. The number of carboxylic acids is 1. The Bertz CT molecular complexity index is 1290. The SMILES string of the molecule is CN1C(=O)C(Cc2cccc(F)c2)C(=O)c2cc(C(=O)O)ccc21.COc1ccc(C(N)=O)cn1. The van der Waals surface area contributed by atoms with Gasteiger partial charge in [-0.2, -0.15) is 0 Å². The number of carbonyl (C=O) groups is 4. The first-order valence-electron chi connectivity index (χ1n) is 10.4. The molecule has 2 amide bonds. The van der Waals surface area contributed by atoms with Gasteiger partial charge in [-0.3, -0.25) is 14.4 Å². The molecule has 4 rings (SSSR count). The number of carboxylic acid groups (broad SMARTS) is 1. The molecule has 0 aliphatic carbocycles. The van der Waals surface area contributed by atoms with Crippen LogP contribution in [-0.4, -0.2) is 47.8 Å². The Morgan fingerprint density at radius 1 is 1.11 bits per heavy atom. The fourth-order valence-electron chi connectivity index (χ4n) is 3.54. The van der Waals surface area contributed by atoms with E-state index in [2.05, 4.69) is 4.98 Å². The summed E-state index contributed by atoms with van der Waals surface area (Å²) in [6, 6.07) is 13.0. The number of nitrogens with zero attached hydrogens (tertiary/aromatic N) is 2. The summed E-state index contributed by atoms with van der Waals surface area (Å²) in [7, 11) is 3.04. The molecule has 1 atom stereocenters. The highest BCUT2D eigenvalue weighted by molar-refractivity contribution is 6.22. The van der Waals surface area contributed by atoms with Crippen LogP contribution in [0.4, 0.5) is 10.1 Å². The molecule has 35 heavy (non-hydrogen) atoms. The Kier molecular flexibility index (Phi) is 7.55. The predicted octanol–water partition coefficient (Wildman–Crippen LogP) is 2.73. The molecule has 9 nitrogen and oxygen atoms in total. The van der Waals surface area contributed by atoms with Crippen molar-refractivity contribution in [2.45, 2.75) is 6.42 Å². The number of fused-ring (bicyclic) bond motifs is 1. The number of amides is 2. The van der Waals surface area contributed by atoms with Gasteiger partial charge in [0.1, 0.15) is 11.7 Å². The Hall–Kier alpha value is -4.60. The number of anilines is 1. The van der Waals surface area contributed by atoms with E-state index >= 15 is 0 Å². The number of aromatic carboxylic acids is 1. The molecule has 1 aromatic heterocycles. The number of ether oxygens (including phenoxy) is 1. The van der Waals surface area contributed by atoms with Crippen molar-refractivity contribution in [1.29, 1.82) is 0 Å². The third-order valence-electron chi connectivity index (χ3n) is 5.37. The summed E-state index contributed by atoms with van der Waals surface area (Å²) in [5.74, 6) is -3.43. The Morgan fingerprint density at radius 3 is 2.40 bits per heavy atom. The second kappa shape index (κ2) is 10.6. The molecule has 0 saturated carbocycles. The fourth-order valence-corrected chi connectivity index (χ4v) is 3.54. The van der Waals surface area contributed by atoms with E-state index in [4.69, 9.17) is 15.6 Å². The van der Waals surface area contributed by atoms with Crippen LogP contribution in [0.5, 0.6) is 5.88 Å². The molecule has 0 fully saturated rings. The van der Waals surface area contributed by atoms with Crippen LogP contribution < -0.4 is 15.4 Å². The quantitative estimate of drug-likeness (QED) is 0.536. The number of ketones is 1. The molecular weight excluding hydrogens is 457 g/mol. The van der Waals surface area contributed by atoms with Crippen LogP contribution in [-0.2, 0) is 11.2 Å². The number of nitrogens with two attached hydrogens (primary N) is 1. The summed E-state index contributed by atoms with van der Waals surface area (Å²) >= 11 is 0. The van der Waals surface area contributed by atoms with Crippen LogP contribution >= 0.6 is 0 Å². The molecule has 180 valence electrons. The third-order valence-corrected chi connectivity index (χ3v) is 5.37. The number of primary amides is 1. The summed E-state index contributed by atoms with van der Waals surface area (Å²) in [4.78, 5) is 52.0. The van der Waals surface area contributed by atoms with Gasteiger partial charge in [-0.15, -0.1) is 0 Å². The number of hydrogen-bond donors (Lipinski definition) is 2. The topological polar surface area (TPSA) is 140 Å². The summed E-state index contributed by atoms with van der Waals surface area (Å²) in [6.45, 7) is 0. The smallest absolute Gasteiger partial charge is 0.335 e. The second-order valence-corrected chi connectivity index (χ2v) is 7.64. The number of carbonyl (C=O) groups excluding carboxylic acids is 3. The van der Waals surface area contributed by atoms with Crippen molar-refractivity contribution in [3.05, 3.63) is 88.9 Å². The maximum atomic E-state index is 13.3. The van der Waals surface area contributed by atoms with E-state index in [1.54, 1.807) is 18.2 Å². The first-order valence-corrected chi connectivity index (χ1v) is 10.4. The van der Waals surface area contributed by atoms with Crippen molar-refractivity contribution in [2.75, 3.05) is 19.1 Å². The maximum absolute atomic E-state index is 13.3. The van der Waals surface area contributed by atoms with Gasteiger partial charge < -0.3 is 20.5 Å². The van der Waals surface area contributed by atoms with Gasteiger partial charge in [0, 0.05) is 24.9 Å². The molecule has 1 unspecified atom stereocenters. The number of rotatable bonds is 5. The van der Waals surface area contributed by atoms with Crippen LogP contribution in [0, 0.1) is 11.7 Å². The monoisotopic (exact) mass is 479 g/mol. The molecule has 3 N–H and O–H groups in total. The van der Waals surface area contributed by atoms with Gasteiger partial charge in [0.15, 0.2) is 5.78 Å². The first-order chi connectivity index (χ1) is 16.6. The molecule has 1 aliphatic rings. The van der Waals surface area contributed by atoms with Gasteiger partial charge in [0.05, 0.1) is 23.9 Å². The predicted molar refractivity (Wildman–Crippen MR) is 124 cm³/mol. The summed E-state index contributed by atoms with van der Waals surface area (Å²) < 4.78 is 18.1. The average molecular weight is 479 g/mol. The molecule has 1 aliphatic heterocycles. The molecule has 0 bridgehead atoms. The van der Waals surface area contributed by atoms with Crippen LogP contribution in [0.15, 0.2) is 60.8 Å². The lowest BCUT2D eigenvalue weighted by Gasteiger charge is -2.30. The van der Waals surface area contributed by atoms with Gasteiger partial charge in [-0.25, -0.2) is 14.2 Å². The van der Waals surface area contributed by atoms with E-state index in [0.717, 1.165) is 0 Å². The van der Waals surface area contributed by atoms with Crippen molar-refractivity contribution in [3.8, 4) is 5.88 Å². The third kappa shape index (κ3) is 5.67. The largest absolute Gasteiger partial charge is 0.481 e. The first kappa shape index (κ1) is 25.0. The van der Waals surface area contributed by atoms with Crippen LogP contribution in [0.3, 0.4) is 0 Å². The number of benzene rings is 2. The van der Waals surface area contributed by atoms with Gasteiger partial charge >= 0.3 is 5.97 Å². The Balaban J connectivity index is 0.000000261. The van der Waals surface area contributed by atoms with E-state index in [9.17, 15) is 23.6 Å². The number of hydrogen-bond acceptors (Lipinski definition) is 6. The van der Waals surface area contributed by atoms with Crippen molar-refractivity contribution in [2.24, 2.45) is 11.7 Å². The molecule has 2 heterocycles. The molecule has 3 aromatic rings. The zero-order chi connectivity index (χ0) is 25.7. The minimum absolute atomic E-state index is 0.0191. The normalized spacial score (nSPS) is 14.5. The van der Waals surface area contributed by atoms with Gasteiger partial charge in [-0.05, 0) is 48.4 Å². The lowest BCUT2D eigenvalue weighted by Crippen LogP contribution is -2.43. The lowest BCUT2D eigenvalue weighted by atomic mass is 9.85. The van der Waals surface area contributed by atoms with Gasteiger partial charge in [0.25, 0.3) is 0 Å². The minimum Gasteiger partial charge on any atom is -0.481 e. The fraction of sp³-hybridized carbons (Fsp3) is 0.160. The van der Waals surface area contributed by atoms with Crippen molar-refractivity contribution >= 4 is 29.3 Å². The maximum Gasteiger partial charge on any atom is 0.335 e. The highest BCUT2D eigenvalue weighted by Gasteiger charge is 2.38. The number of Topliss-reactive ketones (excluding diaryl/α,β-unsaturated/α-hetero) is 1. The molecule has 10 heteroatoms. The molecule has 2 aromatic carbocycles. The van der Waals surface area contributed by atoms with Gasteiger partial charge in [-0.1, -0.05) is 12.1 Å². The lowest BCUT2D eigenvalue weighted by molar-refractivity contribution is -0.121. The Morgan fingerprint density at radius 2 is 1.83 bits per heavy atom. The van der Waals surface area contributed by atoms with E-state index in [1.165, 1.54) is 61.7 Å². The van der Waals surface area contributed by atoms with Gasteiger partial charge in [0.2, 0.25) is 17.7 Å². The van der Waals surface area contributed by atoms with Crippen LogP contribution in [0.25, 0.3) is 0 Å². The zero-order valence-electron chi connectivity index (χ0n) is 18.9.